The molecule has 0 bridgehead atoms. The van der Waals surface area contributed by atoms with Gasteiger partial charge in [0.25, 0.3) is 0 Å². The Kier molecular flexibility index (Phi) is 5.40. The summed E-state index contributed by atoms with van der Waals surface area (Å²) in [5.41, 5.74) is -0.764. The van der Waals surface area contributed by atoms with Gasteiger partial charge in [0.1, 0.15) is 0 Å². The highest BCUT2D eigenvalue weighted by Gasteiger charge is 2.19. The fourth-order valence-corrected chi connectivity index (χ4v) is 0.935. The van der Waals surface area contributed by atoms with Gasteiger partial charge in [-0.05, 0) is 33.1 Å². The molecule has 0 fully saturated rings. The number of hydrogen-bond donors (Lipinski definition) is 1. The van der Waals surface area contributed by atoms with Crippen molar-refractivity contribution in [1.82, 2.24) is 0 Å². The van der Waals surface area contributed by atoms with E-state index in [0.29, 0.717) is 19.3 Å². The molecule has 0 aliphatic rings. The van der Waals surface area contributed by atoms with Crippen LogP contribution in [0.2, 0.25) is 0 Å². The molecule has 2 nitrogen and oxygen atoms in total. The third-order valence-corrected chi connectivity index (χ3v) is 2.19. The van der Waals surface area contributed by atoms with Gasteiger partial charge in [-0.3, -0.25) is 0 Å². The Bertz CT molecular complexity index is 138. The Morgan fingerprint density at radius 3 is 2.38 bits per heavy atom. The Morgan fingerprint density at radius 1 is 1.46 bits per heavy atom. The van der Waals surface area contributed by atoms with E-state index in [4.69, 9.17) is 0 Å². The average molecular weight is 196 g/mol. The van der Waals surface area contributed by atoms with Crippen molar-refractivity contribution in [2.45, 2.75) is 58.4 Å². The van der Waals surface area contributed by atoms with E-state index in [1.807, 2.05) is 6.92 Å². The molecule has 1 N–H and O–H groups in total. The summed E-state index contributed by atoms with van der Waals surface area (Å²) in [6, 6.07) is 0. The lowest BCUT2D eigenvalue weighted by atomic mass is 9.96. The van der Waals surface area contributed by atoms with Crippen LogP contribution in [0.1, 0.15) is 40.0 Å². The van der Waals surface area contributed by atoms with E-state index in [1.54, 1.807) is 13.8 Å². The van der Waals surface area contributed by atoms with Crippen molar-refractivity contribution in [1.29, 1.82) is 0 Å². The fraction of sp³-hybridized carbons (Fsp3) is 1.00. The Hall–Kier alpha value is -0.220. The molecular formula is C9H18F2O2. The van der Waals surface area contributed by atoms with Crippen LogP contribution in [0.5, 0.6) is 0 Å². The van der Waals surface area contributed by atoms with Crippen molar-refractivity contribution >= 4 is 0 Å². The highest BCUT2D eigenvalue weighted by atomic mass is 19.3. The van der Waals surface area contributed by atoms with E-state index in [-0.39, 0.29) is 0 Å². The zero-order valence-corrected chi connectivity index (χ0v) is 8.39. The summed E-state index contributed by atoms with van der Waals surface area (Å²) in [6.07, 6.45) is 1.05. The molecule has 0 aromatic heterocycles. The van der Waals surface area contributed by atoms with Crippen molar-refractivity contribution < 1.29 is 18.6 Å². The minimum Gasteiger partial charge on any atom is -0.390 e. The van der Waals surface area contributed by atoms with E-state index >= 15 is 0 Å². The molecule has 0 aromatic rings. The first-order valence-electron chi connectivity index (χ1n) is 4.53. The molecule has 0 radical (unpaired) electrons. The monoisotopic (exact) mass is 196 g/mol. The second-order valence-electron chi connectivity index (χ2n) is 3.60. The number of halogens is 2. The van der Waals surface area contributed by atoms with Gasteiger partial charge in [-0.15, -0.1) is 0 Å². The van der Waals surface area contributed by atoms with Crippen LogP contribution in [0.15, 0.2) is 0 Å². The minimum absolute atomic E-state index is 0.450. The molecule has 0 rings (SSSR count). The predicted octanol–water partition coefficient (Wildman–Crippen LogP) is 2.56. The molecule has 0 heterocycles. The van der Waals surface area contributed by atoms with E-state index in [0.717, 1.165) is 0 Å². The summed E-state index contributed by atoms with van der Waals surface area (Å²) in [5, 5.41) is 9.56. The Morgan fingerprint density at radius 2 is 2.00 bits per heavy atom. The summed E-state index contributed by atoms with van der Waals surface area (Å²) in [6.45, 7) is 2.42. The van der Waals surface area contributed by atoms with Gasteiger partial charge in [0, 0.05) is 0 Å². The first-order chi connectivity index (χ1) is 5.87. The lowest BCUT2D eigenvalue weighted by molar-refractivity contribution is -0.162. The second-order valence-corrected chi connectivity index (χ2v) is 3.60. The molecule has 0 spiro atoms. The molecule has 80 valence electrons. The topological polar surface area (TPSA) is 29.5 Å². The van der Waals surface area contributed by atoms with Crippen molar-refractivity contribution in [2.75, 3.05) is 0 Å². The first-order valence-corrected chi connectivity index (χ1v) is 4.53. The molecule has 2 unspecified atom stereocenters. The van der Waals surface area contributed by atoms with Crippen LogP contribution >= 0.6 is 0 Å². The molecule has 4 heteroatoms. The molecule has 0 aliphatic heterocycles. The Balaban J connectivity index is 3.63. The molecule has 0 saturated heterocycles. The highest BCUT2D eigenvalue weighted by Crippen LogP contribution is 2.18. The standard InChI is InChI=1S/C9H18F2O2/c1-4-9(3,12)6-5-7(2)13-8(10)11/h7-8,12H,4-6H2,1-3H3. The lowest BCUT2D eigenvalue weighted by Gasteiger charge is -2.23. The number of alkyl halides is 2. The third-order valence-electron chi connectivity index (χ3n) is 2.19. The second kappa shape index (κ2) is 5.50. The normalized spacial score (nSPS) is 18.7. The van der Waals surface area contributed by atoms with Gasteiger partial charge >= 0.3 is 6.61 Å². The van der Waals surface area contributed by atoms with Gasteiger partial charge in [-0.2, -0.15) is 8.78 Å². The molecular weight excluding hydrogens is 178 g/mol. The summed E-state index contributed by atoms with van der Waals surface area (Å²) < 4.78 is 27.7. The van der Waals surface area contributed by atoms with Crippen LogP contribution in [0, 0.1) is 0 Å². The van der Waals surface area contributed by atoms with Gasteiger partial charge in [0.05, 0.1) is 11.7 Å². The van der Waals surface area contributed by atoms with Crippen LogP contribution in [0.25, 0.3) is 0 Å². The largest absolute Gasteiger partial charge is 0.390 e. The van der Waals surface area contributed by atoms with E-state index in [1.165, 1.54) is 0 Å². The number of hydrogen-bond acceptors (Lipinski definition) is 2. The molecule has 0 saturated carbocycles. The Labute approximate surface area is 77.9 Å². The van der Waals surface area contributed by atoms with Crippen molar-refractivity contribution in [3.05, 3.63) is 0 Å². The molecule has 0 amide bonds. The number of aliphatic hydroxyl groups is 1. The molecule has 0 aliphatic carbocycles. The fourth-order valence-electron chi connectivity index (χ4n) is 0.935. The number of ether oxygens (including phenoxy) is 1. The zero-order chi connectivity index (χ0) is 10.5. The summed E-state index contributed by atoms with van der Waals surface area (Å²) in [4.78, 5) is 0. The van der Waals surface area contributed by atoms with Gasteiger partial charge in [-0.1, -0.05) is 6.92 Å². The SMILES string of the molecule is CCC(C)(O)CCC(C)OC(F)F. The zero-order valence-electron chi connectivity index (χ0n) is 8.39. The van der Waals surface area contributed by atoms with Crippen LogP contribution in [0.4, 0.5) is 8.78 Å². The maximum absolute atomic E-state index is 11.7. The maximum atomic E-state index is 11.7. The van der Waals surface area contributed by atoms with Crippen LogP contribution < -0.4 is 0 Å². The average Bonchev–Trinajstić information content (AvgIpc) is 2.00. The van der Waals surface area contributed by atoms with Crippen molar-refractivity contribution in [2.24, 2.45) is 0 Å². The van der Waals surface area contributed by atoms with Gasteiger partial charge in [0.15, 0.2) is 0 Å². The number of rotatable bonds is 6. The van der Waals surface area contributed by atoms with Crippen LogP contribution in [-0.4, -0.2) is 23.4 Å². The van der Waals surface area contributed by atoms with Crippen molar-refractivity contribution in [3.8, 4) is 0 Å². The van der Waals surface area contributed by atoms with E-state index in [2.05, 4.69) is 4.74 Å². The van der Waals surface area contributed by atoms with E-state index < -0.39 is 18.3 Å². The maximum Gasteiger partial charge on any atom is 0.345 e. The van der Waals surface area contributed by atoms with Crippen LogP contribution in [0.3, 0.4) is 0 Å². The lowest BCUT2D eigenvalue weighted by Crippen LogP contribution is -2.25. The summed E-state index contributed by atoms with van der Waals surface area (Å²) in [5.74, 6) is 0. The van der Waals surface area contributed by atoms with Gasteiger partial charge < -0.3 is 9.84 Å². The van der Waals surface area contributed by atoms with Crippen molar-refractivity contribution in [3.63, 3.8) is 0 Å². The minimum atomic E-state index is -2.72. The summed E-state index contributed by atoms with van der Waals surface area (Å²) >= 11 is 0. The van der Waals surface area contributed by atoms with Crippen LogP contribution in [-0.2, 0) is 4.74 Å². The van der Waals surface area contributed by atoms with Gasteiger partial charge in [0.2, 0.25) is 0 Å². The smallest absolute Gasteiger partial charge is 0.345 e. The molecule has 13 heavy (non-hydrogen) atoms. The quantitative estimate of drug-likeness (QED) is 0.707. The molecule has 0 aromatic carbocycles. The third kappa shape index (κ3) is 6.90. The highest BCUT2D eigenvalue weighted by molar-refractivity contribution is 4.71. The molecule has 2 atom stereocenters. The predicted molar refractivity (Wildman–Crippen MR) is 46.7 cm³/mol. The van der Waals surface area contributed by atoms with E-state index in [9.17, 15) is 13.9 Å². The summed E-state index contributed by atoms with van der Waals surface area (Å²) in [7, 11) is 0. The van der Waals surface area contributed by atoms with Gasteiger partial charge in [-0.25, -0.2) is 0 Å². The first kappa shape index (κ1) is 12.8.